The fourth-order valence-electron chi connectivity index (χ4n) is 2.30. The molecule has 0 aliphatic heterocycles. The largest absolute Gasteiger partial charge is 0.378 e. The maximum absolute atomic E-state index is 11.0. The highest BCUT2D eigenvalue weighted by Gasteiger charge is 2.14. The molecule has 106 valence electrons. The number of thiophene rings is 1. The lowest BCUT2D eigenvalue weighted by molar-refractivity contribution is -0.385. The van der Waals surface area contributed by atoms with E-state index < -0.39 is 0 Å². The van der Waals surface area contributed by atoms with Gasteiger partial charge < -0.3 is 5.32 Å². The van der Waals surface area contributed by atoms with E-state index in [-0.39, 0.29) is 16.7 Å². The molecule has 2 rings (SSSR count). The summed E-state index contributed by atoms with van der Waals surface area (Å²) in [6.45, 7) is 8.01. The molecule has 0 aliphatic rings. The standard InChI is InChI=1S/C15H18N2O2S/c1-9-5-6-13(8-15(9)17(18)19)16-11(3)14-7-10(2)20-12(14)4/h5-8,11,16H,1-4H3. The molecule has 1 aromatic heterocycles. The molecule has 20 heavy (non-hydrogen) atoms. The van der Waals surface area contributed by atoms with Crippen molar-refractivity contribution >= 4 is 22.7 Å². The van der Waals surface area contributed by atoms with Crippen LogP contribution < -0.4 is 5.32 Å². The molecule has 0 saturated carbocycles. The van der Waals surface area contributed by atoms with Gasteiger partial charge in [0.1, 0.15) is 0 Å². The van der Waals surface area contributed by atoms with Crippen LogP contribution in [0.25, 0.3) is 0 Å². The van der Waals surface area contributed by atoms with Crippen LogP contribution in [0.15, 0.2) is 24.3 Å². The molecule has 0 bridgehead atoms. The third-order valence-corrected chi connectivity index (χ3v) is 4.32. The van der Waals surface area contributed by atoms with Crippen LogP contribution in [0.1, 0.15) is 33.8 Å². The van der Waals surface area contributed by atoms with Gasteiger partial charge in [0.05, 0.1) is 4.92 Å². The third-order valence-electron chi connectivity index (χ3n) is 3.33. The van der Waals surface area contributed by atoms with Gasteiger partial charge >= 0.3 is 0 Å². The zero-order valence-corrected chi connectivity index (χ0v) is 12.9. The zero-order valence-electron chi connectivity index (χ0n) is 12.1. The molecule has 1 aromatic carbocycles. The van der Waals surface area contributed by atoms with Gasteiger partial charge in [0.2, 0.25) is 0 Å². The molecule has 1 N–H and O–H groups in total. The van der Waals surface area contributed by atoms with Crippen LogP contribution in [-0.4, -0.2) is 4.92 Å². The van der Waals surface area contributed by atoms with Gasteiger partial charge in [-0.05, 0) is 45.4 Å². The van der Waals surface area contributed by atoms with E-state index in [1.165, 1.54) is 15.3 Å². The summed E-state index contributed by atoms with van der Waals surface area (Å²) in [6, 6.07) is 7.55. The predicted octanol–water partition coefficient (Wildman–Crippen LogP) is 4.75. The van der Waals surface area contributed by atoms with Crippen LogP contribution in [0.5, 0.6) is 0 Å². The fraction of sp³-hybridized carbons (Fsp3) is 0.333. The van der Waals surface area contributed by atoms with Gasteiger partial charge in [0, 0.05) is 33.1 Å². The van der Waals surface area contributed by atoms with E-state index in [1.807, 2.05) is 6.07 Å². The van der Waals surface area contributed by atoms with Crippen molar-refractivity contribution in [1.82, 2.24) is 0 Å². The van der Waals surface area contributed by atoms with E-state index in [0.29, 0.717) is 5.56 Å². The lowest BCUT2D eigenvalue weighted by Gasteiger charge is -2.15. The molecule has 0 amide bonds. The van der Waals surface area contributed by atoms with Crippen molar-refractivity contribution in [3.05, 3.63) is 55.3 Å². The van der Waals surface area contributed by atoms with E-state index in [0.717, 1.165) is 5.69 Å². The molecule has 0 fully saturated rings. The Balaban J connectivity index is 2.24. The maximum atomic E-state index is 11.0. The molecule has 4 nitrogen and oxygen atoms in total. The smallest absolute Gasteiger partial charge is 0.274 e. The Hall–Kier alpha value is -1.88. The van der Waals surface area contributed by atoms with Gasteiger partial charge in [-0.3, -0.25) is 10.1 Å². The molecule has 1 unspecified atom stereocenters. The van der Waals surface area contributed by atoms with Crippen LogP contribution >= 0.6 is 11.3 Å². The molecule has 1 heterocycles. The molecular weight excluding hydrogens is 272 g/mol. The average molecular weight is 290 g/mol. The molecular formula is C15H18N2O2S. The lowest BCUT2D eigenvalue weighted by Crippen LogP contribution is -2.07. The van der Waals surface area contributed by atoms with E-state index in [4.69, 9.17) is 0 Å². The van der Waals surface area contributed by atoms with Crippen molar-refractivity contribution in [2.24, 2.45) is 0 Å². The minimum Gasteiger partial charge on any atom is -0.378 e. The van der Waals surface area contributed by atoms with E-state index in [9.17, 15) is 10.1 Å². The van der Waals surface area contributed by atoms with Gasteiger partial charge in [-0.2, -0.15) is 0 Å². The topological polar surface area (TPSA) is 55.2 Å². The second-order valence-electron chi connectivity index (χ2n) is 4.99. The van der Waals surface area contributed by atoms with Gasteiger partial charge in [-0.15, -0.1) is 11.3 Å². The Labute approximate surface area is 122 Å². The highest BCUT2D eigenvalue weighted by atomic mass is 32.1. The summed E-state index contributed by atoms with van der Waals surface area (Å²) in [5, 5.41) is 14.3. The predicted molar refractivity (Wildman–Crippen MR) is 83.7 cm³/mol. The normalized spacial score (nSPS) is 12.2. The Morgan fingerprint density at radius 2 is 1.95 bits per heavy atom. The SMILES string of the molecule is Cc1cc(C(C)Nc2ccc(C)c([N+](=O)[O-])c2)c(C)s1. The number of hydrogen-bond acceptors (Lipinski definition) is 4. The number of nitrogens with one attached hydrogen (secondary N) is 1. The summed E-state index contributed by atoms with van der Waals surface area (Å²) >= 11 is 1.77. The summed E-state index contributed by atoms with van der Waals surface area (Å²) in [4.78, 5) is 13.2. The maximum Gasteiger partial charge on any atom is 0.274 e. The van der Waals surface area contributed by atoms with Gasteiger partial charge in [-0.25, -0.2) is 0 Å². The summed E-state index contributed by atoms with van der Waals surface area (Å²) in [6.07, 6.45) is 0. The average Bonchev–Trinajstić information content (AvgIpc) is 2.70. The summed E-state index contributed by atoms with van der Waals surface area (Å²) in [5.41, 5.74) is 2.85. The van der Waals surface area contributed by atoms with Crippen molar-refractivity contribution < 1.29 is 4.92 Å². The first-order valence-electron chi connectivity index (χ1n) is 6.47. The van der Waals surface area contributed by atoms with E-state index in [2.05, 4.69) is 32.2 Å². The minimum atomic E-state index is -0.342. The Bertz CT molecular complexity index is 649. The fourth-order valence-corrected chi connectivity index (χ4v) is 3.33. The highest BCUT2D eigenvalue weighted by Crippen LogP contribution is 2.30. The molecule has 0 aliphatic carbocycles. The van der Waals surface area contributed by atoms with Crippen molar-refractivity contribution in [3.8, 4) is 0 Å². The second kappa shape index (κ2) is 5.63. The van der Waals surface area contributed by atoms with Crippen molar-refractivity contribution in [3.63, 3.8) is 0 Å². The minimum absolute atomic E-state index is 0.127. The molecule has 0 saturated heterocycles. The first-order valence-corrected chi connectivity index (χ1v) is 7.28. The highest BCUT2D eigenvalue weighted by molar-refractivity contribution is 7.12. The molecule has 1 atom stereocenters. The summed E-state index contributed by atoms with van der Waals surface area (Å²) in [7, 11) is 0. The monoisotopic (exact) mass is 290 g/mol. The second-order valence-corrected chi connectivity index (χ2v) is 6.45. The quantitative estimate of drug-likeness (QED) is 0.652. The first-order chi connectivity index (χ1) is 9.38. The Morgan fingerprint density at radius 1 is 1.25 bits per heavy atom. The van der Waals surface area contributed by atoms with Crippen LogP contribution in [0.2, 0.25) is 0 Å². The number of rotatable bonds is 4. The van der Waals surface area contributed by atoms with Crippen LogP contribution in [-0.2, 0) is 0 Å². The zero-order chi connectivity index (χ0) is 14.9. The third kappa shape index (κ3) is 2.99. The summed E-state index contributed by atoms with van der Waals surface area (Å²) in [5.74, 6) is 0. The Morgan fingerprint density at radius 3 is 2.50 bits per heavy atom. The number of nitro benzene ring substituents is 1. The number of nitro groups is 1. The van der Waals surface area contributed by atoms with Gasteiger partial charge in [0.25, 0.3) is 5.69 Å². The number of nitrogens with zero attached hydrogens (tertiary/aromatic N) is 1. The number of anilines is 1. The number of benzene rings is 1. The first kappa shape index (κ1) is 14.5. The van der Waals surface area contributed by atoms with Gasteiger partial charge in [-0.1, -0.05) is 6.07 Å². The van der Waals surface area contributed by atoms with E-state index in [1.54, 1.807) is 30.4 Å². The van der Waals surface area contributed by atoms with E-state index >= 15 is 0 Å². The molecule has 5 heteroatoms. The summed E-state index contributed by atoms with van der Waals surface area (Å²) < 4.78 is 0. The Kier molecular flexibility index (Phi) is 4.09. The van der Waals surface area contributed by atoms with Crippen LogP contribution in [0.3, 0.4) is 0 Å². The lowest BCUT2D eigenvalue weighted by atomic mass is 10.1. The number of hydrogen-bond donors (Lipinski definition) is 1. The molecule has 0 spiro atoms. The van der Waals surface area contributed by atoms with Crippen LogP contribution in [0, 0.1) is 30.9 Å². The van der Waals surface area contributed by atoms with Crippen molar-refractivity contribution in [2.45, 2.75) is 33.7 Å². The van der Waals surface area contributed by atoms with Crippen molar-refractivity contribution in [1.29, 1.82) is 0 Å². The van der Waals surface area contributed by atoms with Crippen LogP contribution in [0.4, 0.5) is 11.4 Å². The van der Waals surface area contributed by atoms with Gasteiger partial charge in [0.15, 0.2) is 0 Å². The van der Waals surface area contributed by atoms with Crippen molar-refractivity contribution in [2.75, 3.05) is 5.32 Å². The molecule has 0 radical (unpaired) electrons. The number of aryl methyl sites for hydroxylation is 3. The molecule has 2 aromatic rings.